The van der Waals surface area contributed by atoms with Crippen molar-refractivity contribution in [3.63, 3.8) is 0 Å². The van der Waals surface area contributed by atoms with Crippen LogP contribution in [0.5, 0.6) is 5.75 Å². The van der Waals surface area contributed by atoms with Crippen molar-refractivity contribution in [2.24, 2.45) is 34.5 Å². The fraction of sp³-hybridized carbons (Fsp3) is 0.516. The van der Waals surface area contributed by atoms with Gasteiger partial charge in [-0.1, -0.05) is 51.5 Å². The number of aromatic hydroxyl groups is 1. The van der Waals surface area contributed by atoms with Crippen LogP contribution in [0.3, 0.4) is 0 Å². The Hall–Kier alpha value is -3.19. The number of allylic oxidation sites excluding steroid dienone is 4. The van der Waals surface area contributed by atoms with Gasteiger partial charge in [-0.3, -0.25) is 24.0 Å². The van der Waals surface area contributed by atoms with Crippen LogP contribution in [0.1, 0.15) is 75.9 Å². The zero-order chi connectivity index (χ0) is 28.1. The van der Waals surface area contributed by atoms with Gasteiger partial charge in [0.15, 0.2) is 28.7 Å². The van der Waals surface area contributed by atoms with Gasteiger partial charge in [0, 0.05) is 11.3 Å². The Labute approximate surface area is 222 Å². The Morgan fingerprint density at radius 3 is 2.29 bits per heavy atom. The second-order valence-electron chi connectivity index (χ2n) is 12.6. The highest BCUT2D eigenvalue weighted by Gasteiger charge is 2.76. The summed E-state index contributed by atoms with van der Waals surface area (Å²) in [7, 11) is 0. The number of phenolic OH excluding ortho intramolecular Hbond substituents is 1. The maximum absolute atomic E-state index is 14.3. The fourth-order valence-electron chi connectivity index (χ4n) is 8.29. The van der Waals surface area contributed by atoms with Crippen LogP contribution in [0.4, 0.5) is 0 Å². The number of hydrogen-bond acceptors (Lipinski definition) is 7. The van der Waals surface area contributed by atoms with Crippen LogP contribution < -0.4 is 0 Å². The number of carbonyl (C=O) groups is 5. The molecule has 4 aliphatic rings. The number of rotatable bonds is 3. The molecule has 1 aromatic carbocycles. The molecule has 0 amide bonds. The molecule has 0 spiro atoms. The van der Waals surface area contributed by atoms with Gasteiger partial charge in [-0.15, -0.1) is 0 Å². The maximum Gasteiger partial charge on any atom is 0.190 e. The minimum Gasteiger partial charge on any atom is -0.507 e. The van der Waals surface area contributed by atoms with Crippen molar-refractivity contribution >= 4 is 34.5 Å². The Bertz CT molecular complexity index is 1410. The van der Waals surface area contributed by atoms with E-state index < -0.39 is 63.1 Å². The second kappa shape index (κ2) is 8.15. The molecular formula is C31H34O7. The lowest BCUT2D eigenvalue weighted by Crippen LogP contribution is -2.76. The van der Waals surface area contributed by atoms with Crippen LogP contribution in [0, 0.1) is 34.5 Å². The quantitative estimate of drug-likeness (QED) is 0.583. The Morgan fingerprint density at radius 2 is 1.74 bits per heavy atom. The summed E-state index contributed by atoms with van der Waals surface area (Å²) in [5, 5.41) is 22.8. The van der Waals surface area contributed by atoms with Crippen LogP contribution in [0.25, 0.3) is 5.57 Å². The molecule has 0 aromatic heterocycles. The highest BCUT2D eigenvalue weighted by molar-refractivity contribution is 6.32. The van der Waals surface area contributed by atoms with Crippen LogP contribution in [0.15, 0.2) is 29.9 Å². The first-order valence-corrected chi connectivity index (χ1v) is 13.2. The van der Waals surface area contributed by atoms with Gasteiger partial charge in [0.25, 0.3) is 0 Å². The fourth-order valence-corrected chi connectivity index (χ4v) is 8.29. The summed E-state index contributed by atoms with van der Waals surface area (Å²) in [4.78, 5) is 68.1. The molecular weight excluding hydrogens is 484 g/mol. The first kappa shape index (κ1) is 26.4. The normalized spacial score (nSPS) is 36.5. The van der Waals surface area contributed by atoms with Gasteiger partial charge in [0.2, 0.25) is 0 Å². The van der Waals surface area contributed by atoms with Crippen LogP contribution >= 0.6 is 0 Å². The number of phenols is 1. The number of ketones is 5. The first-order valence-electron chi connectivity index (χ1n) is 13.2. The van der Waals surface area contributed by atoms with E-state index in [1.165, 1.54) is 6.07 Å². The topological polar surface area (TPSA) is 126 Å². The average Bonchev–Trinajstić information content (AvgIpc) is 3.21. The summed E-state index contributed by atoms with van der Waals surface area (Å²) in [6, 6.07) is 3.23. The maximum atomic E-state index is 14.3. The number of fused-ring (bicyclic) bond motifs is 3. The summed E-state index contributed by atoms with van der Waals surface area (Å²) in [5.74, 6) is -8.74. The zero-order valence-corrected chi connectivity index (χ0v) is 22.7. The first-order chi connectivity index (χ1) is 17.6. The van der Waals surface area contributed by atoms with E-state index in [2.05, 4.69) is 6.08 Å². The average molecular weight is 519 g/mol. The summed E-state index contributed by atoms with van der Waals surface area (Å²) < 4.78 is 0. The monoisotopic (exact) mass is 518 g/mol. The van der Waals surface area contributed by atoms with E-state index in [1.54, 1.807) is 33.8 Å². The number of carbonyl (C=O) groups excluding carboxylic acids is 5. The van der Waals surface area contributed by atoms with Gasteiger partial charge in [0.1, 0.15) is 17.5 Å². The molecule has 2 fully saturated rings. The third-order valence-corrected chi connectivity index (χ3v) is 9.65. The zero-order valence-electron chi connectivity index (χ0n) is 22.7. The molecule has 200 valence electrons. The van der Waals surface area contributed by atoms with Crippen molar-refractivity contribution in [3.05, 3.63) is 46.5 Å². The standard InChI is InChI=1S/C31H34O7/c1-14(2)23-25(34)21(16(4)32)27(36)31(38)28(37)24-26(35)22-19(12-29(24,5)13-30(23,31)6)18(9-10-20(22)33)17-8-7-15(3)11-17/h7,9-11,14,21,23-24,33,38H,8,12-13H2,1-6H3/t21?,23?,24?,29-,30-,31+/m1/s1. The number of aliphatic hydroxyl groups is 1. The molecule has 2 N–H and O–H groups in total. The van der Waals surface area contributed by atoms with E-state index in [9.17, 15) is 34.2 Å². The van der Waals surface area contributed by atoms with E-state index >= 15 is 0 Å². The lowest BCUT2D eigenvalue weighted by molar-refractivity contribution is -0.205. The highest BCUT2D eigenvalue weighted by atomic mass is 16.3. The van der Waals surface area contributed by atoms with E-state index in [0.717, 1.165) is 23.6 Å². The summed E-state index contributed by atoms with van der Waals surface area (Å²) >= 11 is 0. The molecule has 1 aromatic rings. The van der Waals surface area contributed by atoms with Gasteiger partial charge in [-0.2, -0.15) is 0 Å². The number of benzene rings is 1. The van der Waals surface area contributed by atoms with E-state index in [0.29, 0.717) is 12.0 Å². The summed E-state index contributed by atoms with van der Waals surface area (Å²) in [5.41, 5.74) is -1.61. The van der Waals surface area contributed by atoms with E-state index in [-0.39, 0.29) is 30.1 Å². The van der Waals surface area contributed by atoms with Crippen molar-refractivity contribution in [3.8, 4) is 5.75 Å². The summed E-state index contributed by atoms with van der Waals surface area (Å²) in [6.07, 6.45) is 5.09. The highest BCUT2D eigenvalue weighted by Crippen LogP contribution is 2.64. The van der Waals surface area contributed by atoms with Crippen LogP contribution in [-0.2, 0) is 25.6 Å². The van der Waals surface area contributed by atoms with Gasteiger partial charge < -0.3 is 10.2 Å². The molecule has 0 aliphatic heterocycles. The Balaban J connectivity index is 1.73. The second-order valence-corrected chi connectivity index (χ2v) is 12.6. The molecule has 7 nitrogen and oxygen atoms in total. The van der Waals surface area contributed by atoms with Crippen LogP contribution in [0.2, 0.25) is 0 Å². The predicted molar refractivity (Wildman–Crippen MR) is 139 cm³/mol. The largest absolute Gasteiger partial charge is 0.507 e. The number of hydrogen-bond donors (Lipinski definition) is 2. The number of Topliss-reactive ketones (excluding diaryl/α,β-unsaturated/α-hetero) is 5. The third kappa shape index (κ3) is 3.14. The van der Waals surface area contributed by atoms with Gasteiger partial charge in [0.05, 0.1) is 11.5 Å². The van der Waals surface area contributed by atoms with E-state index in [1.807, 2.05) is 13.0 Å². The predicted octanol–water partition coefficient (Wildman–Crippen LogP) is 3.83. The van der Waals surface area contributed by atoms with Crippen molar-refractivity contribution < 1.29 is 34.2 Å². The lowest BCUT2D eigenvalue weighted by atomic mass is 9.40. The Kier molecular flexibility index (Phi) is 5.67. The molecule has 0 heterocycles. The molecule has 6 atom stereocenters. The van der Waals surface area contributed by atoms with Crippen molar-refractivity contribution in [1.82, 2.24) is 0 Å². The molecule has 4 aliphatic carbocycles. The Morgan fingerprint density at radius 1 is 1.08 bits per heavy atom. The molecule has 0 bridgehead atoms. The third-order valence-electron chi connectivity index (χ3n) is 9.65. The van der Waals surface area contributed by atoms with Crippen LogP contribution in [-0.4, -0.2) is 44.7 Å². The minimum absolute atomic E-state index is 0.0406. The SMILES string of the molecule is CC(=O)C1C(=O)C(C(C)C)[C@@]2(C)C[C@@]3(C)Cc4c(C5=CC(C)=CC5)ccc(O)c4C(=O)C3C(=O)[C@@]2(O)C1=O. The van der Waals surface area contributed by atoms with Crippen molar-refractivity contribution in [1.29, 1.82) is 0 Å². The smallest absolute Gasteiger partial charge is 0.190 e. The summed E-state index contributed by atoms with van der Waals surface area (Å²) in [6.45, 7) is 10.0. The molecule has 3 unspecified atom stereocenters. The molecule has 0 radical (unpaired) electrons. The van der Waals surface area contributed by atoms with Crippen molar-refractivity contribution in [2.45, 2.75) is 66.4 Å². The van der Waals surface area contributed by atoms with Crippen molar-refractivity contribution in [2.75, 3.05) is 0 Å². The molecule has 5 rings (SSSR count). The van der Waals surface area contributed by atoms with Gasteiger partial charge >= 0.3 is 0 Å². The molecule has 38 heavy (non-hydrogen) atoms. The molecule has 0 saturated heterocycles. The van der Waals surface area contributed by atoms with Gasteiger partial charge in [-0.25, -0.2) is 0 Å². The lowest BCUT2D eigenvalue weighted by Gasteiger charge is -2.61. The van der Waals surface area contributed by atoms with E-state index in [4.69, 9.17) is 0 Å². The van der Waals surface area contributed by atoms with Gasteiger partial charge in [-0.05, 0) is 67.2 Å². The molecule has 7 heteroatoms. The molecule has 2 saturated carbocycles. The minimum atomic E-state index is -2.67.